The number of amides is 3. The summed E-state index contributed by atoms with van der Waals surface area (Å²) >= 11 is 2.11. The number of carbonyl (C=O) groups is 6. The van der Waals surface area contributed by atoms with Crippen molar-refractivity contribution in [1.82, 2.24) is 16.0 Å². The molecule has 3 amide bonds. The van der Waals surface area contributed by atoms with E-state index in [4.69, 9.17) is 4.74 Å². The number of aliphatic hydroxyl groups is 1. The van der Waals surface area contributed by atoms with Crippen molar-refractivity contribution in [2.24, 2.45) is 16.7 Å². The molecule has 0 unspecified atom stereocenters. The van der Waals surface area contributed by atoms with Crippen molar-refractivity contribution in [1.29, 1.82) is 0 Å². The third kappa shape index (κ3) is 15.1. The minimum Gasteiger partial charge on any atom is -0.457 e. The Bertz CT molecular complexity index is 1340. The van der Waals surface area contributed by atoms with Gasteiger partial charge >= 0.3 is 5.97 Å². The number of rotatable bonds is 9. The molecule has 4 N–H and O–H groups in total. The van der Waals surface area contributed by atoms with Gasteiger partial charge in [-0.25, -0.2) is 0 Å². The molecule has 272 valence electrons. The lowest BCUT2D eigenvalue weighted by molar-refractivity contribution is -0.151. The van der Waals surface area contributed by atoms with Gasteiger partial charge in [0.25, 0.3) is 0 Å². The van der Waals surface area contributed by atoms with E-state index in [0.717, 1.165) is 17.3 Å². The number of thioether (sulfide) groups is 2. The van der Waals surface area contributed by atoms with Gasteiger partial charge in [-0.1, -0.05) is 115 Å². The molecule has 1 aromatic carbocycles. The quantitative estimate of drug-likeness (QED) is 0.167. The van der Waals surface area contributed by atoms with E-state index in [0.29, 0.717) is 12.2 Å². The average Bonchev–Trinajstić information content (AvgIpc) is 2.99. The number of aliphatic hydroxyl groups excluding tert-OH is 1. The summed E-state index contributed by atoms with van der Waals surface area (Å²) in [4.78, 5) is 79.0. The predicted octanol–water partition coefficient (Wildman–Crippen LogP) is 3.96. The van der Waals surface area contributed by atoms with E-state index in [9.17, 15) is 33.9 Å². The smallest absolute Gasteiger partial charge is 0.309 e. The lowest BCUT2D eigenvalue weighted by atomic mass is 9.96. The Morgan fingerprint density at radius 3 is 2.06 bits per heavy atom. The van der Waals surface area contributed by atoms with E-state index in [1.54, 1.807) is 71.0 Å². The van der Waals surface area contributed by atoms with Gasteiger partial charge in [0, 0.05) is 28.8 Å². The summed E-state index contributed by atoms with van der Waals surface area (Å²) in [6, 6.07) is 5.86. The van der Waals surface area contributed by atoms with Gasteiger partial charge in [0.05, 0.1) is 25.0 Å². The molecule has 0 radical (unpaired) electrons. The molecular weight excluding hydrogens is 667 g/mol. The van der Waals surface area contributed by atoms with Crippen molar-refractivity contribution < 1.29 is 38.6 Å². The monoisotopic (exact) mass is 719 g/mol. The zero-order chi connectivity index (χ0) is 36.9. The highest BCUT2D eigenvalue weighted by molar-refractivity contribution is 8.14. The maximum Gasteiger partial charge on any atom is 0.309 e. The van der Waals surface area contributed by atoms with Crippen LogP contribution in [0, 0.1) is 16.7 Å². The number of nitrogens with one attached hydrogen (secondary N) is 3. The molecule has 0 spiro atoms. The number of cyclic esters (lactones) is 1. The molecule has 0 saturated carbocycles. The number of ether oxygens (including phenoxy) is 1. The van der Waals surface area contributed by atoms with Crippen LogP contribution in [0.2, 0.25) is 0 Å². The molecule has 1 saturated heterocycles. The van der Waals surface area contributed by atoms with Gasteiger partial charge < -0.3 is 25.8 Å². The van der Waals surface area contributed by atoms with Gasteiger partial charge in [-0.2, -0.15) is 0 Å². The average molecular weight is 720 g/mol. The molecule has 0 bridgehead atoms. The van der Waals surface area contributed by atoms with E-state index in [-0.39, 0.29) is 34.7 Å². The third-order valence-corrected chi connectivity index (χ3v) is 10.2. The van der Waals surface area contributed by atoms with Crippen molar-refractivity contribution in [3.05, 3.63) is 48.0 Å². The van der Waals surface area contributed by atoms with Gasteiger partial charge in [0.2, 0.25) is 17.7 Å². The van der Waals surface area contributed by atoms with E-state index >= 15 is 0 Å². The Labute approximate surface area is 298 Å². The van der Waals surface area contributed by atoms with Crippen LogP contribution in [-0.2, 0) is 39.9 Å². The Balaban J connectivity index is 2.42. The van der Waals surface area contributed by atoms with Crippen LogP contribution < -0.4 is 16.0 Å². The molecule has 0 aliphatic carbocycles. The summed E-state index contributed by atoms with van der Waals surface area (Å²) in [5, 5.41) is 19.2. The number of esters is 1. The molecule has 11 nitrogen and oxygen atoms in total. The predicted molar refractivity (Wildman–Crippen MR) is 193 cm³/mol. The van der Waals surface area contributed by atoms with Crippen LogP contribution in [0.15, 0.2) is 42.5 Å². The van der Waals surface area contributed by atoms with Crippen molar-refractivity contribution in [3.8, 4) is 0 Å². The summed E-state index contributed by atoms with van der Waals surface area (Å²) in [7, 11) is 0. The number of carbonyl (C=O) groups excluding carboxylic acids is 6. The van der Waals surface area contributed by atoms with Crippen LogP contribution in [0.1, 0.15) is 80.2 Å². The first kappa shape index (κ1) is 42.0. The molecule has 5 atom stereocenters. The summed E-state index contributed by atoms with van der Waals surface area (Å²) in [6.07, 6.45) is 0.739. The number of hydrogen-bond donors (Lipinski definition) is 4. The lowest BCUT2D eigenvalue weighted by Crippen LogP contribution is -2.58. The van der Waals surface area contributed by atoms with E-state index in [1.807, 2.05) is 26.8 Å². The molecule has 1 aliphatic rings. The summed E-state index contributed by atoms with van der Waals surface area (Å²) in [6.45, 7) is 14.3. The van der Waals surface area contributed by atoms with E-state index in [2.05, 4.69) is 16.0 Å². The molecule has 49 heavy (non-hydrogen) atoms. The molecule has 1 fully saturated rings. The van der Waals surface area contributed by atoms with Gasteiger partial charge in [-0.15, -0.1) is 0 Å². The SMILES string of the molecule is CC(C)[C@H]1NC(=O)[C@@H](CSC(=O)C(C)(C)C)NC(=O)[C@@H](Cc2ccccc2)NC(=O)C[C@@H](/C=C/CCSC(=O)C(C)(C)C)OC(=O)C[C@@H]1O. The van der Waals surface area contributed by atoms with Crippen LogP contribution >= 0.6 is 23.5 Å². The van der Waals surface area contributed by atoms with Gasteiger partial charge in [0.1, 0.15) is 18.2 Å². The Morgan fingerprint density at radius 2 is 1.47 bits per heavy atom. The maximum absolute atomic E-state index is 13.8. The Morgan fingerprint density at radius 1 is 0.878 bits per heavy atom. The normalized spacial score (nSPS) is 23.6. The van der Waals surface area contributed by atoms with E-state index in [1.165, 1.54) is 11.8 Å². The summed E-state index contributed by atoms with van der Waals surface area (Å²) in [5.41, 5.74) is -0.419. The van der Waals surface area contributed by atoms with Gasteiger partial charge in [-0.3, -0.25) is 28.8 Å². The first-order valence-corrected chi connectivity index (χ1v) is 18.6. The van der Waals surface area contributed by atoms with Crippen molar-refractivity contribution in [3.63, 3.8) is 0 Å². The minimum atomic E-state index is -1.34. The summed E-state index contributed by atoms with van der Waals surface area (Å²) in [5.74, 6) is -2.55. The molecule has 1 aliphatic heterocycles. The van der Waals surface area contributed by atoms with Crippen molar-refractivity contribution in [2.75, 3.05) is 11.5 Å². The fourth-order valence-electron chi connectivity index (χ4n) is 4.65. The fourth-order valence-corrected chi connectivity index (χ4v) is 6.50. The molecule has 1 heterocycles. The standard InChI is InChI=1S/C36H53N3O8S2/c1-22(2)30-27(40)20-29(42)47-24(16-12-13-17-48-33(45)35(3,4)5)19-28(41)37-25(18-23-14-10-9-11-15-23)31(43)38-26(32(44)39-30)21-49-34(46)36(6,7)8/h9-12,14-16,22,24-27,30,40H,13,17-21H2,1-8H3,(H,37,41)(H,38,43)(H,39,44)/b16-12+/t24-,25-,26-,27+,30-/m1/s1. The van der Waals surface area contributed by atoms with Gasteiger partial charge in [-0.05, 0) is 24.0 Å². The maximum atomic E-state index is 13.8. The van der Waals surface area contributed by atoms with Crippen LogP contribution in [0.4, 0.5) is 0 Å². The molecular formula is C36H53N3O8S2. The topological polar surface area (TPSA) is 168 Å². The van der Waals surface area contributed by atoms with Crippen LogP contribution in [-0.4, -0.2) is 80.9 Å². The van der Waals surface area contributed by atoms with Gasteiger partial charge in [0.15, 0.2) is 10.2 Å². The minimum absolute atomic E-state index is 0.0470. The second-order valence-electron chi connectivity index (χ2n) is 14.6. The fraction of sp³-hybridized carbons (Fsp3) is 0.611. The second-order valence-corrected chi connectivity index (χ2v) is 16.7. The number of allylic oxidation sites excluding steroid dienone is 1. The Hall–Kier alpha value is -3.16. The Kier molecular flexibility index (Phi) is 16.5. The lowest BCUT2D eigenvalue weighted by Gasteiger charge is -2.30. The highest BCUT2D eigenvalue weighted by atomic mass is 32.2. The molecule has 1 aromatic rings. The summed E-state index contributed by atoms with van der Waals surface area (Å²) < 4.78 is 5.63. The zero-order valence-corrected chi connectivity index (χ0v) is 31.5. The number of benzene rings is 1. The molecule has 2 rings (SSSR count). The van der Waals surface area contributed by atoms with Crippen LogP contribution in [0.25, 0.3) is 0 Å². The largest absolute Gasteiger partial charge is 0.457 e. The first-order valence-electron chi connectivity index (χ1n) is 16.6. The van der Waals surface area contributed by atoms with Crippen molar-refractivity contribution >= 4 is 57.4 Å². The van der Waals surface area contributed by atoms with Crippen LogP contribution in [0.5, 0.6) is 0 Å². The number of hydrogen-bond acceptors (Lipinski definition) is 10. The third-order valence-electron chi connectivity index (χ3n) is 7.53. The van der Waals surface area contributed by atoms with Crippen molar-refractivity contribution in [2.45, 2.75) is 111 Å². The highest BCUT2D eigenvalue weighted by Crippen LogP contribution is 2.25. The highest BCUT2D eigenvalue weighted by Gasteiger charge is 2.34. The van der Waals surface area contributed by atoms with Crippen LogP contribution in [0.3, 0.4) is 0 Å². The second kappa shape index (κ2) is 19.3. The molecule has 13 heteroatoms. The molecule has 0 aromatic heterocycles. The zero-order valence-electron chi connectivity index (χ0n) is 29.9. The van der Waals surface area contributed by atoms with E-state index < -0.39 is 71.3 Å². The first-order chi connectivity index (χ1) is 22.8.